The highest BCUT2D eigenvalue weighted by Gasteiger charge is 2.31. The maximum absolute atomic E-state index is 11.2. The van der Waals surface area contributed by atoms with Crippen LogP contribution in [0.4, 0.5) is 0 Å². The summed E-state index contributed by atoms with van der Waals surface area (Å²) in [6.45, 7) is 8.51. The molecule has 1 N–H and O–H groups in total. The molecule has 0 spiro atoms. The molecule has 2 aromatic carbocycles. The number of imidazole rings is 1. The Hall–Kier alpha value is -3.03. The zero-order chi connectivity index (χ0) is 25.4. The Kier molecular flexibility index (Phi) is 8.88. The van der Waals surface area contributed by atoms with Crippen molar-refractivity contribution in [1.82, 2.24) is 14.5 Å². The minimum absolute atomic E-state index is 0.325. The summed E-state index contributed by atoms with van der Waals surface area (Å²) in [4.78, 5) is 6.46. The van der Waals surface area contributed by atoms with Crippen molar-refractivity contribution >= 4 is 0 Å². The number of likely N-dealkylation sites (tertiary alicyclic amines) is 1. The number of aromatic nitrogens is 2. The number of aliphatic hydroxyl groups is 1. The molecular weight excluding hydrogens is 454 g/mol. The van der Waals surface area contributed by atoms with Crippen LogP contribution in [-0.4, -0.2) is 58.6 Å². The molecule has 7 nitrogen and oxygen atoms in total. The molecule has 194 valence electrons. The first kappa shape index (κ1) is 26.0. The van der Waals surface area contributed by atoms with Crippen LogP contribution in [0.5, 0.6) is 17.2 Å². The maximum Gasteiger partial charge on any atom is 0.161 e. The molecule has 0 radical (unpaired) electrons. The number of aryl methyl sites for hydroxylation is 3. The molecule has 1 atom stereocenters. The van der Waals surface area contributed by atoms with Gasteiger partial charge in [-0.1, -0.05) is 23.8 Å². The van der Waals surface area contributed by atoms with Gasteiger partial charge in [0.1, 0.15) is 12.4 Å². The summed E-state index contributed by atoms with van der Waals surface area (Å²) in [5.41, 5.74) is 2.69. The van der Waals surface area contributed by atoms with Crippen molar-refractivity contribution in [3.05, 3.63) is 71.8 Å². The summed E-state index contributed by atoms with van der Waals surface area (Å²) >= 11 is 0. The molecule has 3 aromatic rings. The van der Waals surface area contributed by atoms with E-state index in [2.05, 4.69) is 35.0 Å². The van der Waals surface area contributed by atoms with Gasteiger partial charge in [-0.05, 0) is 75.4 Å². The van der Waals surface area contributed by atoms with Crippen molar-refractivity contribution < 1.29 is 19.3 Å². The van der Waals surface area contributed by atoms with Crippen molar-refractivity contribution in [2.45, 2.75) is 58.2 Å². The van der Waals surface area contributed by atoms with Crippen molar-refractivity contribution in [3.8, 4) is 17.2 Å². The molecule has 0 saturated carbocycles. The maximum atomic E-state index is 11.2. The smallest absolute Gasteiger partial charge is 0.161 e. The topological polar surface area (TPSA) is 69.0 Å². The third-order valence-corrected chi connectivity index (χ3v) is 6.85. The fourth-order valence-electron chi connectivity index (χ4n) is 4.75. The van der Waals surface area contributed by atoms with Crippen molar-refractivity contribution in [1.29, 1.82) is 0 Å². The number of nitrogens with zero attached hydrogens (tertiary/aromatic N) is 3. The van der Waals surface area contributed by atoms with Gasteiger partial charge in [0.05, 0.1) is 25.6 Å². The van der Waals surface area contributed by atoms with Crippen LogP contribution in [0.2, 0.25) is 0 Å². The first-order valence-electron chi connectivity index (χ1n) is 12.8. The average molecular weight is 494 g/mol. The number of benzene rings is 2. The van der Waals surface area contributed by atoms with E-state index in [4.69, 9.17) is 14.2 Å². The molecule has 0 unspecified atom stereocenters. The summed E-state index contributed by atoms with van der Waals surface area (Å²) < 4.78 is 19.7. The molecule has 1 aliphatic heterocycles. The van der Waals surface area contributed by atoms with E-state index in [0.29, 0.717) is 19.6 Å². The second-order valence-electron chi connectivity index (χ2n) is 9.90. The van der Waals surface area contributed by atoms with Gasteiger partial charge >= 0.3 is 0 Å². The van der Waals surface area contributed by atoms with Crippen LogP contribution in [0, 0.1) is 13.8 Å². The Labute approximate surface area is 214 Å². The predicted octanol–water partition coefficient (Wildman–Crippen LogP) is 4.77. The monoisotopic (exact) mass is 493 g/mol. The largest absolute Gasteiger partial charge is 0.493 e. The van der Waals surface area contributed by atoms with Gasteiger partial charge in [0, 0.05) is 32.0 Å². The third kappa shape index (κ3) is 7.24. The zero-order valence-corrected chi connectivity index (χ0v) is 21.8. The van der Waals surface area contributed by atoms with E-state index in [9.17, 15) is 5.11 Å². The molecular formula is C29H39N3O4. The predicted molar refractivity (Wildman–Crippen MR) is 141 cm³/mol. The summed E-state index contributed by atoms with van der Waals surface area (Å²) in [5, 5.41) is 11.2. The molecule has 0 aliphatic carbocycles. The molecule has 7 heteroatoms. The second-order valence-corrected chi connectivity index (χ2v) is 9.90. The summed E-state index contributed by atoms with van der Waals surface area (Å²) in [6.07, 6.45) is 8.81. The van der Waals surface area contributed by atoms with E-state index < -0.39 is 5.60 Å². The summed E-state index contributed by atoms with van der Waals surface area (Å²) in [6, 6.07) is 12.3. The standard InChI is InChI=1S/C29H39N3O4/c1-23-6-8-26(24(2)18-23)36-21-29(33)10-4-13-31(15-11-29)20-25-7-9-27(28(19-25)34-3)35-17-5-14-32-16-12-30-22-32/h6-9,12,16,18-19,22,33H,4-5,10-11,13-15,17,20-21H2,1-3H3/t29-/m1/s1. The van der Waals surface area contributed by atoms with Crippen molar-refractivity contribution in [2.75, 3.05) is 33.4 Å². The SMILES string of the molecule is COc1cc(CN2CCC[C@](O)(COc3ccc(C)cc3C)CC2)ccc1OCCCn1ccnc1. The molecule has 36 heavy (non-hydrogen) atoms. The number of ether oxygens (including phenoxy) is 3. The molecule has 0 bridgehead atoms. The van der Waals surface area contributed by atoms with E-state index in [1.54, 1.807) is 13.3 Å². The highest BCUT2D eigenvalue weighted by Crippen LogP contribution is 2.30. The quantitative estimate of drug-likeness (QED) is 0.388. The van der Waals surface area contributed by atoms with Gasteiger partial charge in [0.2, 0.25) is 0 Å². The van der Waals surface area contributed by atoms with Crippen LogP contribution in [-0.2, 0) is 13.1 Å². The fourth-order valence-corrected chi connectivity index (χ4v) is 4.75. The lowest BCUT2D eigenvalue weighted by Gasteiger charge is -2.27. The zero-order valence-electron chi connectivity index (χ0n) is 21.8. The van der Waals surface area contributed by atoms with Crippen LogP contribution >= 0.6 is 0 Å². The molecule has 0 amide bonds. The third-order valence-electron chi connectivity index (χ3n) is 6.85. The van der Waals surface area contributed by atoms with Gasteiger partial charge < -0.3 is 23.9 Å². The van der Waals surface area contributed by atoms with Gasteiger partial charge in [0.15, 0.2) is 11.5 Å². The van der Waals surface area contributed by atoms with Crippen LogP contribution in [0.1, 0.15) is 42.4 Å². The van der Waals surface area contributed by atoms with Crippen LogP contribution in [0.25, 0.3) is 0 Å². The minimum atomic E-state index is -0.807. The normalized spacial score (nSPS) is 18.6. The van der Waals surface area contributed by atoms with Crippen molar-refractivity contribution in [2.24, 2.45) is 0 Å². The van der Waals surface area contributed by atoms with Gasteiger partial charge in [-0.2, -0.15) is 0 Å². The Morgan fingerprint density at radius 3 is 2.64 bits per heavy atom. The molecule has 1 aliphatic rings. The van der Waals surface area contributed by atoms with Crippen LogP contribution < -0.4 is 14.2 Å². The fraction of sp³-hybridized carbons (Fsp3) is 0.483. The highest BCUT2D eigenvalue weighted by molar-refractivity contribution is 5.43. The second kappa shape index (κ2) is 12.3. The van der Waals surface area contributed by atoms with Gasteiger partial charge in [-0.3, -0.25) is 4.90 Å². The number of methoxy groups -OCH3 is 1. The Balaban J connectivity index is 1.27. The van der Waals surface area contributed by atoms with E-state index in [0.717, 1.165) is 68.3 Å². The van der Waals surface area contributed by atoms with E-state index >= 15 is 0 Å². The van der Waals surface area contributed by atoms with Crippen LogP contribution in [0.3, 0.4) is 0 Å². The van der Waals surface area contributed by atoms with Gasteiger partial charge in [0.25, 0.3) is 0 Å². The lowest BCUT2D eigenvalue weighted by atomic mass is 9.96. The Morgan fingerprint density at radius 2 is 1.86 bits per heavy atom. The first-order chi connectivity index (χ1) is 17.4. The average Bonchev–Trinajstić information content (AvgIpc) is 3.32. The minimum Gasteiger partial charge on any atom is -0.493 e. The van der Waals surface area contributed by atoms with Gasteiger partial charge in [-0.25, -0.2) is 4.98 Å². The van der Waals surface area contributed by atoms with Crippen molar-refractivity contribution in [3.63, 3.8) is 0 Å². The summed E-state index contributed by atoms with van der Waals surface area (Å²) in [5.74, 6) is 2.37. The molecule has 1 aromatic heterocycles. The highest BCUT2D eigenvalue weighted by atomic mass is 16.5. The first-order valence-corrected chi connectivity index (χ1v) is 12.8. The van der Waals surface area contributed by atoms with Crippen LogP contribution in [0.15, 0.2) is 55.1 Å². The number of hydrogen-bond acceptors (Lipinski definition) is 6. The summed E-state index contributed by atoms with van der Waals surface area (Å²) in [7, 11) is 1.68. The Bertz CT molecular complexity index is 1100. The van der Waals surface area contributed by atoms with E-state index in [1.807, 2.05) is 42.2 Å². The number of hydrogen-bond donors (Lipinski definition) is 1. The van der Waals surface area contributed by atoms with Gasteiger partial charge in [-0.15, -0.1) is 0 Å². The Morgan fingerprint density at radius 1 is 1.00 bits per heavy atom. The molecule has 1 saturated heterocycles. The molecule has 1 fully saturated rings. The van der Waals surface area contributed by atoms with E-state index in [1.165, 1.54) is 11.1 Å². The lowest BCUT2D eigenvalue weighted by molar-refractivity contribution is -0.0170. The molecule has 2 heterocycles. The molecule has 4 rings (SSSR count). The lowest BCUT2D eigenvalue weighted by Crippen LogP contribution is -2.37. The van der Waals surface area contributed by atoms with E-state index in [-0.39, 0.29) is 0 Å². The number of rotatable bonds is 11.